The molecule has 0 saturated heterocycles. The Labute approximate surface area is 115 Å². The molecule has 1 heterocycles. The molecule has 6 heteroatoms. The molecule has 0 radical (unpaired) electrons. The first-order valence-corrected chi connectivity index (χ1v) is 6.28. The molecule has 0 fully saturated rings. The lowest BCUT2D eigenvalue weighted by molar-refractivity contribution is -0.384. The minimum absolute atomic E-state index is 0.0339. The van der Waals surface area contributed by atoms with Crippen LogP contribution >= 0.6 is 0 Å². The molecule has 0 amide bonds. The molecule has 0 atom stereocenters. The van der Waals surface area contributed by atoms with Crippen molar-refractivity contribution in [3.63, 3.8) is 0 Å². The first-order chi connectivity index (χ1) is 9.60. The summed E-state index contributed by atoms with van der Waals surface area (Å²) in [5.74, 6) is 0. The highest BCUT2D eigenvalue weighted by atomic mass is 16.6. The number of hydrogen-bond donors (Lipinski definition) is 1. The van der Waals surface area contributed by atoms with Crippen molar-refractivity contribution in [3.8, 4) is 0 Å². The molecule has 1 aromatic heterocycles. The van der Waals surface area contributed by atoms with Gasteiger partial charge in [0, 0.05) is 37.5 Å². The van der Waals surface area contributed by atoms with Crippen molar-refractivity contribution in [2.45, 2.75) is 20.0 Å². The molecule has 20 heavy (non-hydrogen) atoms. The number of rotatable bonds is 5. The molecule has 0 aliphatic rings. The summed E-state index contributed by atoms with van der Waals surface area (Å²) in [6.07, 6.45) is 1.76. The van der Waals surface area contributed by atoms with Gasteiger partial charge >= 0.3 is 0 Å². The highest BCUT2D eigenvalue weighted by molar-refractivity contribution is 5.42. The second-order valence-electron chi connectivity index (χ2n) is 4.32. The van der Waals surface area contributed by atoms with E-state index in [1.54, 1.807) is 29.0 Å². The van der Waals surface area contributed by atoms with Crippen molar-refractivity contribution in [3.05, 3.63) is 68.6 Å². The van der Waals surface area contributed by atoms with E-state index in [0.29, 0.717) is 13.1 Å². The van der Waals surface area contributed by atoms with Gasteiger partial charge in [-0.1, -0.05) is 12.1 Å². The van der Waals surface area contributed by atoms with E-state index in [-0.39, 0.29) is 11.2 Å². The highest BCUT2D eigenvalue weighted by Gasteiger charge is 2.04. The fraction of sp³-hybridized carbons (Fsp3) is 0.214. The van der Waals surface area contributed by atoms with Crippen molar-refractivity contribution in [1.82, 2.24) is 4.57 Å². The molecule has 6 nitrogen and oxygen atoms in total. The Bertz CT molecular complexity index is 662. The van der Waals surface area contributed by atoms with Crippen LogP contribution < -0.4 is 10.9 Å². The summed E-state index contributed by atoms with van der Waals surface area (Å²) in [6, 6.07) is 9.61. The monoisotopic (exact) mass is 273 g/mol. The van der Waals surface area contributed by atoms with Crippen molar-refractivity contribution >= 4 is 11.4 Å². The molecule has 0 unspecified atom stereocenters. The zero-order valence-electron chi connectivity index (χ0n) is 11.1. The summed E-state index contributed by atoms with van der Waals surface area (Å²) in [7, 11) is 0. The molecule has 0 aliphatic carbocycles. The summed E-state index contributed by atoms with van der Waals surface area (Å²) in [6.45, 7) is 3.06. The minimum Gasteiger partial charge on any atom is -0.380 e. The Morgan fingerprint density at radius 3 is 2.50 bits per heavy atom. The summed E-state index contributed by atoms with van der Waals surface area (Å²) in [5.41, 5.74) is 1.82. The number of nitro groups is 1. The van der Waals surface area contributed by atoms with Gasteiger partial charge in [0.05, 0.1) is 10.6 Å². The molecule has 1 aromatic carbocycles. The van der Waals surface area contributed by atoms with Crippen LogP contribution in [-0.2, 0) is 13.1 Å². The number of anilines is 1. The van der Waals surface area contributed by atoms with Crippen LogP contribution in [0.5, 0.6) is 0 Å². The van der Waals surface area contributed by atoms with Crippen LogP contribution in [0.2, 0.25) is 0 Å². The lowest BCUT2D eigenvalue weighted by Crippen LogP contribution is -2.17. The largest absolute Gasteiger partial charge is 0.380 e. The average Bonchev–Trinajstić information content (AvgIpc) is 2.46. The molecule has 0 saturated carbocycles. The number of pyridine rings is 1. The molecular weight excluding hydrogens is 258 g/mol. The minimum atomic E-state index is -0.422. The third-order valence-electron chi connectivity index (χ3n) is 2.97. The Balaban J connectivity index is 2.05. The molecule has 0 bridgehead atoms. The van der Waals surface area contributed by atoms with Gasteiger partial charge < -0.3 is 9.88 Å². The molecule has 104 valence electrons. The first kappa shape index (κ1) is 13.8. The van der Waals surface area contributed by atoms with Crippen LogP contribution in [0.15, 0.2) is 47.4 Å². The van der Waals surface area contributed by atoms with Gasteiger partial charge in [0.2, 0.25) is 0 Å². The number of nitro benzene ring substituents is 1. The van der Waals surface area contributed by atoms with E-state index in [4.69, 9.17) is 0 Å². The van der Waals surface area contributed by atoms with Gasteiger partial charge in [0.15, 0.2) is 0 Å². The van der Waals surface area contributed by atoms with Crippen LogP contribution in [0, 0.1) is 10.1 Å². The van der Waals surface area contributed by atoms with Crippen LogP contribution in [0.3, 0.4) is 0 Å². The number of aryl methyl sites for hydroxylation is 1. The standard InChI is InChI=1S/C14H15N3O3/c1-2-16-10-12(5-8-14(16)18)15-9-11-3-6-13(7-4-11)17(19)20/h3-8,10,15H,2,9H2,1H3. The van der Waals surface area contributed by atoms with Gasteiger partial charge in [0.1, 0.15) is 0 Å². The normalized spacial score (nSPS) is 10.2. The molecule has 2 aromatic rings. The number of aromatic nitrogens is 1. The first-order valence-electron chi connectivity index (χ1n) is 6.28. The third-order valence-corrected chi connectivity index (χ3v) is 2.97. The number of non-ortho nitro benzene ring substituents is 1. The van der Waals surface area contributed by atoms with Gasteiger partial charge in [-0.3, -0.25) is 14.9 Å². The van der Waals surface area contributed by atoms with Gasteiger partial charge in [-0.05, 0) is 18.6 Å². The predicted octanol–water partition coefficient (Wildman–Crippen LogP) is 2.39. The van der Waals surface area contributed by atoms with E-state index in [2.05, 4.69) is 5.32 Å². The van der Waals surface area contributed by atoms with Gasteiger partial charge in [-0.25, -0.2) is 0 Å². The van der Waals surface area contributed by atoms with Crippen molar-refractivity contribution in [2.75, 3.05) is 5.32 Å². The summed E-state index contributed by atoms with van der Waals surface area (Å²) in [4.78, 5) is 21.6. The number of benzene rings is 1. The number of nitrogens with one attached hydrogen (secondary N) is 1. The van der Waals surface area contributed by atoms with Gasteiger partial charge in [-0.15, -0.1) is 0 Å². The topological polar surface area (TPSA) is 77.2 Å². The molecular formula is C14H15N3O3. The zero-order valence-corrected chi connectivity index (χ0v) is 11.1. The summed E-state index contributed by atoms with van der Waals surface area (Å²) >= 11 is 0. The Morgan fingerprint density at radius 1 is 1.20 bits per heavy atom. The lowest BCUT2D eigenvalue weighted by atomic mass is 10.2. The smallest absolute Gasteiger partial charge is 0.269 e. The van der Waals surface area contributed by atoms with E-state index >= 15 is 0 Å². The maximum Gasteiger partial charge on any atom is 0.269 e. The van der Waals surface area contributed by atoms with Crippen LogP contribution in [-0.4, -0.2) is 9.49 Å². The van der Waals surface area contributed by atoms with E-state index in [1.807, 2.05) is 6.92 Å². The van der Waals surface area contributed by atoms with Gasteiger partial charge in [0.25, 0.3) is 11.2 Å². The maximum absolute atomic E-state index is 11.4. The third kappa shape index (κ3) is 3.23. The fourth-order valence-electron chi connectivity index (χ4n) is 1.82. The van der Waals surface area contributed by atoms with E-state index in [1.165, 1.54) is 18.2 Å². The van der Waals surface area contributed by atoms with E-state index in [9.17, 15) is 14.9 Å². The highest BCUT2D eigenvalue weighted by Crippen LogP contribution is 2.13. The Morgan fingerprint density at radius 2 is 1.90 bits per heavy atom. The van der Waals surface area contributed by atoms with Crippen LogP contribution in [0.4, 0.5) is 11.4 Å². The van der Waals surface area contributed by atoms with E-state index in [0.717, 1.165) is 11.3 Å². The van der Waals surface area contributed by atoms with E-state index < -0.39 is 4.92 Å². The Kier molecular flexibility index (Phi) is 4.14. The average molecular weight is 273 g/mol. The molecule has 1 N–H and O–H groups in total. The second-order valence-corrected chi connectivity index (χ2v) is 4.32. The Hall–Kier alpha value is -2.63. The quantitative estimate of drug-likeness (QED) is 0.670. The van der Waals surface area contributed by atoms with Crippen LogP contribution in [0.25, 0.3) is 0 Å². The number of nitrogens with zero attached hydrogens (tertiary/aromatic N) is 2. The summed E-state index contributed by atoms with van der Waals surface area (Å²) < 4.78 is 1.61. The molecule has 2 rings (SSSR count). The maximum atomic E-state index is 11.4. The lowest BCUT2D eigenvalue weighted by Gasteiger charge is -2.08. The summed E-state index contributed by atoms with van der Waals surface area (Å²) in [5, 5.41) is 13.7. The second kappa shape index (κ2) is 6.01. The fourth-order valence-corrected chi connectivity index (χ4v) is 1.82. The number of hydrogen-bond acceptors (Lipinski definition) is 4. The van der Waals surface area contributed by atoms with Gasteiger partial charge in [-0.2, -0.15) is 0 Å². The molecule has 0 spiro atoms. The zero-order chi connectivity index (χ0) is 14.5. The van der Waals surface area contributed by atoms with Crippen molar-refractivity contribution in [1.29, 1.82) is 0 Å². The SMILES string of the molecule is CCn1cc(NCc2ccc([N+](=O)[O-])cc2)ccc1=O. The van der Waals surface area contributed by atoms with Crippen LogP contribution in [0.1, 0.15) is 12.5 Å². The van der Waals surface area contributed by atoms with Crippen molar-refractivity contribution in [2.24, 2.45) is 0 Å². The van der Waals surface area contributed by atoms with Crippen molar-refractivity contribution < 1.29 is 4.92 Å². The predicted molar refractivity (Wildman–Crippen MR) is 76.8 cm³/mol. The molecule has 0 aliphatic heterocycles.